The Morgan fingerprint density at radius 3 is 2.92 bits per heavy atom. The van der Waals surface area contributed by atoms with Crippen molar-refractivity contribution in [3.63, 3.8) is 0 Å². The third-order valence-electron chi connectivity index (χ3n) is 1.60. The first-order valence-corrected chi connectivity index (χ1v) is 3.75. The van der Waals surface area contributed by atoms with Gasteiger partial charge in [-0.05, 0) is 19.1 Å². The molecule has 1 aromatic heterocycles. The van der Waals surface area contributed by atoms with Crippen molar-refractivity contribution in [3.8, 4) is 6.19 Å². The fourth-order valence-corrected chi connectivity index (χ4v) is 0.918. The molecule has 4 heteroatoms. The van der Waals surface area contributed by atoms with E-state index in [1.165, 1.54) is 7.05 Å². The van der Waals surface area contributed by atoms with E-state index in [0.717, 1.165) is 10.6 Å². The maximum atomic E-state index is 11.4. The molecule has 0 aliphatic carbocycles. The Morgan fingerprint density at radius 2 is 2.38 bits per heavy atom. The second kappa shape index (κ2) is 3.68. The molecule has 0 radical (unpaired) electrons. The van der Waals surface area contributed by atoms with Crippen LogP contribution in [-0.4, -0.2) is 22.8 Å². The molecule has 0 atom stereocenters. The van der Waals surface area contributed by atoms with Gasteiger partial charge in [0.15, 0.2) is 6.19 Å². The molecule has 0 spiro atoms. The van der Waals surface area contributed by atoms with Gasteiger partial charge in [0.2, 0.25) is 0 Å². The number of amides is 1. The monoisotopic (exact) mass is 175 g/mol. The van der Waals surface area contributed by atoms with Crippen LogP contribution < -0.4 is 0 Å². The summed E-state index contributed by atoms with van der Waals surface area (Å²) in [6.07, 6.45) is 3.30. The van der Waals surface area contributed by atoms with Crippen LogP contribution in [0, 0.1) is 18.4 Å². The van der Waals surface area contributed by atoms with Crippen molar-refractivity contribution >= 4 is 5.91 Å². The van der Waals surface area contributed by atoms with Gasteiger partial charge in [0.25, 0.3) is 5.91 Å². The van der Waals surface area contributed by atoms with Gasteiger partial charge in [-0.2, -0.15) is 5.26 Å². The highest BCUT2D eigenvalue weighted by Crippen LogP contribution is 2.03. The van der Waals surface area contributed by atoms with Gasteiger partial charge in [0, 0.05) is 24.5 Å². The molecule has 0 saturated heterocycles. The molecule has 0 aromatic carbocycles. The number of pyridine rings is 1. The van der Waals surface area contributed by atoms with E-state index >= 15 is 0 Å². The van der Waals surface area contributed by atoms with Gasteiger partial charge < -0.3 is 0 Å². The van der Waals surface area contributed by atoms with Gasteiger partial charge in [0.05, 0.1) is 0 Å². The van der Waals surface area contributed by atoms with E-state index in [2.05, 4.69) is 4.98 Å². The summed E-state index contributed by atoms with van der Waals surface area (Å²) in [7, 11) is 1.43. The van der Waals surface area contributed by atoms with Gasteiger partial charge in [-0.25, -0.2) is 4.90 Å². The van der Waals surface area contributed by atoms with Gasteiger partial charge in [0.1, 0.15) is 0 Å². The van der Waals surface area contributed by atoms with Crippen molar-refractivity contribution in [2.45, 2.75) is 6.92 Å². The maximum absolute atomic E-state index is 11.4. The SMILES string of the molecule is Cc1cc(C(=O)N(C)C#N)ccn1. The van der Waals surface area contributed by atoms with E-state index in [9.17, 15) is 4.79 Å². The minimum atomic E-state index is -0.312. The smallest absolute Gasteiger partial charge is 0.266 e. The first-order valence-electron chi connectivity index (χ1n) is 3.75. The number of rotatable bonds is 1. The number of aryl methyl sites for hydroxylation is 1. The molecule has 1 amide bonds. The van der Waals surface area contributed by atoms with Crippen LogP contribution in [-0.2, 0) is 0 Å². The second-order valence-electron chi connectivity index (χ2n) is 2.65. The summed E-state index contributed by atoms with van der Waals surface area (Å²) in [6, 6.07) is 3.24. The Labute approximate surface area is 76.4 Å². The number of nitrogens with zero attached hydrogens (tertiary/aromatic N) is 3. The predicted molar refractivity (Wildman–Crippen MR) is 46.7 cm³/mol. The number of carbonyl (C=O) groups excluding carboxylic acids is 1. The Bertz CT molecular complexity index is 367. The highest BCUT2D eigenvalue weighted by molar-refractivity contribution is 5.94. The lowest BCUT2D eigenvalue weighted by Crippen LogP contribution is -2.21. The maximum Gasteiger partial charge on any atom is 0.266 e. The summed E-state index contributed by atoms with van der Waals surface area (Å²) in [5, 5.41) is 8.48. The van der Waals surface area contributed by atoms with Gasteiger partial charge in [-0.1, -0.05) is 0 Å². The zero-order valence-corrected chi connectivity index (χ0v) is 7.48. The van der Waals surface area contributed by atoms with E-state index in [1.807, 2.05) is 0 Å². The van der Waals surface area contributed by atoms with Gasteiger partial charge in [-0.15, -0.1) is 0 Å². The molecular formula is C9H9N3O. The van der Waals surface area contributed by atoms with Crippen molar-refractivity contribution in [1.82, 2.24) is 9.88 Å². The van der Waals surface area contributed by atoms with Crippen molar-refractivity contribution in [3.05, 3.63) is 29.6 Å². The molecule has 0 saturated carbocycles. The third kappa shape index (κ3) is 2.03. The summed E-state index contributed by atoms with van der Waals surface area (Å²) in [6.45, 7) is 1.79. The Morgan fingerprint density at radius 1 is 1.69 bits per heavy atom. The lowest BCUT2D eigenvalue weighted by molar-refractivity contribution is 0.0858. The fourth-order valence-electron chi connectivity index (χ4n) is 0.918. The Kier molecular flexibility index (Phi) is 2.60. The van der Waals surface area contributed by atoms with Crippen molar-refractivity contribution in [2.24, 2.45) is 0 Å². The zero-order valence-electron chi connectivity index (χ0n) is 7.48. The van der Waals surface area contributed by atoms with Crippen LogP contribution in [0.15, 0.2) is 18.3 Å². The highest BCUT2D eigenvalue weighted by atomic mass is 16.2. The summed E-state index contributed by atoms with van der Waals surface area (Å²) in [5.41, 5.74) is 1.24. The molecular weight excluding hydrogens is 166 g/mol. The number of carbonyl (C=O) groups is 1. The Hall–Kier alpha value is -1.89. The average molecular weight is 175 g/mol. The highest BCUT2D eigenvalue weighted by Gasteiger charge is 2.10. The van der Waals surface area contributed by atoms with Crippen LogP contribution in [0.5, 0.6) is 0 Å². The standard InChI is InChI=1S/C9H9N3O/c1-7-5-8(3-4-11-7)9(13)12(2)6-10/h3-5H,1-2H3. The second-order valence-corrected chi connectivity index (χ2v) is 2.65. The topological polar surface area (TPSA) is 57.0 Å². The largest absolute Gasteiger partial charge is 0.268 e. The number of nitriles is 1. The minimum absolute atomic E-state index is 0.312. The molecule has 1 heterocycles. The molecule has 13 heavy (non-hydrogen) atoms. The molecule has 0 aliphatic rings. The first kappa shape index (κ1) is 9.20. The van der Waals surface area contributed by atoms with E-state index < -0.39 is 0 Å². The summed E-state index contributed by atoms with van der Waals surface area (Å²) in [4.78, 5) is 16.3. The van der Waals surface area contributed by atoms with Crippen molar-refractivity contribution in [1.29, 1.82) is 5.26 Å². The van der Waals surface area contributed by atoms with Crippen molar-refractivity contribution in [2.75, 3.05) is 7.05 Å². The quantitative estimate of drug-likeness (QED) is 0.471. The number of hydrogen-bond donors (Lipinski definition) is 0. The van der Waals surface area contributed by atoms with E-state index in [-0.39, 0.29) is 5.91 Å². The Balaban J connectivity index is 2.97. The molecule has 0 unspecified atom stereocenters. The fraction of sp³-hybridized carbons (Fsp3) is 0.222. The summed E-state index contributed by atoms with van der Waals surface area (Å²) >= 11 is 0. The summed E-state index contributed by atoms with van der Waals surface area (Å²) < 4.78 is 0. The third-order valence-corrected chi connectivity index (χ3v) is 1.60. The average Bonchev–Trinajstić information content (AvgIpc) is 2.15. The van der Waals surface area contributed by atoms with Crippen LogP contribution in [0.25, 0.3) is 0 Å². The first-order chi connectivity index (χ1) is 6.15. The molecule has 0 fully saturated rings. The number of hydrogen-bond acceptors (Lipinski definition) is 3. The molecule has 1 rings (SSSR count). The lowest BCUT2D eigenvalue weighted by Gasteiger charge is -2.06. The number of aromatic nitrogens is 1. The van der Waals surface area contributed by atoms with E-state index in [4.69, 9.17) is 5.26 Å². The van der Waals surface area contributed by atoms with E-state index in [0.29, 0.717) is 5.56 Å². The molecule has 0 aliphatic heterocycles. The van der Waals surface area contributed by atoms with Gasteiger partial charge >= 0.3 is 0 Å². The van der Waals surface area contributed by atoms with Crippen LogP contribution in [0.3, 0.4) is 0 Å². The molecule has 0 N–H and O–H groups in total. The molecule has 1 aromatic rings. The van der Waals surface area contributed by atoms with Crippen LogP contribution >= 0.6 is 0 Å². The van der Waals surface area contributed by atoms with Crippen LogP contribution in [0.4, 0.5) is 0 Å². The molecule has 4 nitrogen and oxygen atoms in total. The van der Waals surface area contributed by atoms with Crippen molar-refractivity contribution < 1.29 is 4.79 Å². The minimum Gasteiger partial charge on any atom is -0.268 e. The lowest BCUT2D eigenvalue weighted by atomic mass is 10.2. The van der Waals surface area contributed by atoms with Gasteiger partial charge in [-0.3, -0.25) is 9.78 Å². The molecule has 66 valence electrons. The van der Waals surface area contributed by atoms with E-state index in [1.54, 1.807) is 31.4 Å². The molecule has 0 bridgehead atoms. The van der Waals surface area contributed by atoms with Crippen LogP contribution in [0.2, 0.25) is 0 Å². The summed E-state index contributed by atoms with van der Waals surface area (Å²) in [5.74, 6) is -0.312. The zero-order chi connectivity index (χ0) is 9.84. The van der Waals surface area contributed by atoms with Crippen LogP contribution in [0.1, 0.15) is 16.1 Å². The predicted octanol–water partition coefficient (Wildman–Crippen LogP) is 0.943. The normalized spacial score (nSPS) is 9.00.